The van der Waals surface area contributed by atoms with Crippen molar-refractivity contribution in [2.24, 2.45) is 7.05 Å². The molecule has 1 aromatic carbocycles. The van der Waals surface area contributed by atoms with Gasteiger partial charge in [0, 0.05) is 24.3 Å². The van der Waals surface area contributed by atoms with Crippen molar-refractivity contribution in [1.29, 1.82) is 0 Å². The van der Waals surface area contributed by atoms with Crippen LogP contribution in [0.3, 0.4) is 0 Å². The van der Waals surface area contributed by atoms with Crippen LogP contribution in [0.4, 0.5) is 5.69 Å². The third-order valence-electron chi connectivity index (χ3n) is 5.00. The Morgan fingerprint density at radius 1 is 1.22 bits per heavy atom. The summed E-state index contributed by atoms with van der Waals surface area (Å²) in [5.41, 5.74) is 4.71. The molecule has 1 aliphatic carbocycles. The van der Waals surface area contributed by atoms with Crippen molar-refractivity contribution in [2.45, 2.75) is 25.7 Å². The Bertz CT molecular complexity index is 1270. The van der Waals surface area contributed by atoms with Crippen molar-refractivity contribution in [3.05, 3.63) is 51.7 Å². The highest BCUT2D eigenvalue weighted by atomic mass is 16.2. The molecule has 0 radical (unpaired) electrons. The van der Waals surface area contributed by atoms with E-state index in [4.69, 9.17) is 4.98 Å². The normalized spacial score (nSPS) is 14.1. The molecular weight excluding hydrogens is 344 g/mol. The lowest BCUT2D eigenvalue weighted by atomic mass is 10.1. The van der Waals surface area contributed by atoms with E-state index in [0.29, 0.717) is 28.2 Å². The molecule has 8 heteroatoms. The lowest BCUT2D eigenvalue weighted by Crippen LogP contribution is -2.13. The molecule has 0 saturated heterocycles. The van der Waals surface area contributed by atoms with Crippen molar-refractivity contribution < 1.29 is 4.79 Å². The summed E-state index contributed by atoms with van der Waals surface area (Å²) in [6.45, 7) is 1.88. The minimum absolute atomic E-state index is 0.211. The van der Waals surface area contributed by atoms with Crippen LogP contribution >= 0.6 is 0 Å². The third kappa shape index (κ3) is 2.61. The van der Waals surface area contributed by atoms with Gasteiger partial charge in [0.1, 0.15) is 0 Å². The standard InChI is InChI=1S/C19H18N6O2/c1-9-16-12(8-14(10-3-4-10)21-17(16)25(2)24-9)18(26)20-11-5-6-13-15(7-11)23-19(27)22-13/h5-8,10H,3-4H2,1-2H3,(H,20,26)(H2,22,23,27). The van der Waals surface area contributed by atoms with Gasteiger partial charge in [0.05, 0.1) is 27.7 Å². The number of carbonyl (C=O) groups excluding carboxylic acids is 1. The van der Waals surface area contributed by atoms with E-state index in [9.17, 15) is 9.59 Å². The van der Waals surface area contributed by atoms with E-state index in [-0.39, 0.29) is 11.6 Å². The number of hydrogen-bond acceptors (Lipinski definition) is 4. The van der Waals surface area contributed by atoms with Gasteiger partial charge in [0.2, 0.25) is 0 Å². The highest BCUT2D eigenvalue weighted by Gasteiger charge is 2.28. The number of amides is 1. The van der Waals surface area contributed by atoms with Crippen LogP contribution in [0, 0.1) is 6.92 Å². The van der Waals surface area contributed by atoms with Gasteiger partial charge in [0.25, 0.3) is 5.91 Å². The molecule has 1 fully saturated rings. The van der Waals surface area contributed by atoms with Gasteiger partial charge in [-0.3, -0.25) is 9.48 Å². The number of nitrogens with one attached hydrogen (secondary N) is 3. The van der Waals surface area contributed by atoms with E-state index in [1.807, 2.05) is 20.0 Å². The fourth-order valence-electron chi connectivity index (χ4n) is 3.54. The Kier molecular flexibility index (Phi) is 3.24. The van der Waals surface area contributed by atoms with Gasteiger partial charge in [-0.05, 0) is 44.0 Å². The highest BCUT2D eigenvalue weighted by Crippen LogP contribution is 2.40. The van der Waals surface area contributed by atoms with Crippen molar-refractivity contribution in [1.82, 2.24) is 24.7 Å². The van der Waals surface area contributed by atoms with Gasteiger partial charge in [-0.1, -0.05) is 0 Å². The highest BCUT2D eigenvalue weighted by molar-refractivity contribution is 6.13. The lowest BCUT2D eigenvalue weighted by Gasteiger charge is -2.09. The molecule has 0 bridgehead atoms. The third-order valence-corrected chi connectivity index (χ3v) is 5.00. The number of hydrogen-bond donors (Lipinski definition) is 3. The average molecular weight is 362 g/mol. The van der Waals surface area contributed by atoms with Crippen LogP contribution < -0.4 is 11.0 Å². The van der Waals surface area contributed by atoms with Crippen LogP contribution in [0.15, 0.2) is 29.1 Å². The molecule has 3 heterocycles. The summed E-state index contributed by atoms with van der Waals surface area (Å²) in [4.78, 5) is 34.6. The molecule has 3 N–H and O–H groups in total. The van der Waals surface area contributed by atoms with Crippen molar-refractivity contribution in [2.75, 3.05) is 5.32 Å². The predicted octanol–water partition coefficient (Wildman–Crippen LogP) is 2.58. The molecule has 8 nitrogen and oxygen atoms in total. The van der Waals surface area contributed by atoms with E-state index in [1.165, 1.54) is 0 Å². The van der Waals surface area contributed by atoms with Crippen LogP contribution in [0.1, 0.15) is 40.5 Å². The van der Waals surface area contributed by atoms with E-state index in [2.05, 4.69) is 20.4 Å². The largest absolute Gasteiger partial charge is 0.323 e. The van der Waals surface area contributed by atoms with Gasteiger partial charge in [0.15, 0.2) is 5.65 Å². The first kappa shape index (κ1) is 15.8. The number of aromatic nitrogens is 5. The van der Waals surface area contributed by atoms with Crippen LogP contribution in [0.5, 0.6) is 0 Å². The Morgan fingerprint density at radius 2 is 2.00 bits per heavy atom. The minimum Gasteiger partial charge on any atom is -0.322 e. The topological polar surface area (TPSA) is 108 Å². The number of rotatable bonds is 3. The van der Waals surface area contributed by atoms with Gasteiger partial charge in [-0.25, -0.2) is 9.78 Å². The number of anilines is 1. The van der Waals surface area contributed by atoms with Gasteiger partial charge < -0.3 is 15.3 Å². The van der Waals surface area contributed by atoms with Gasteiger partial charge >= 0.3 is 5.69 Å². The summed E-state index contributed by atoms with van der Waals surface area (Å²) < 4.78 is 1.73. The Morgan fingerprint density at radius 3 is 2.78 bits per heavy atom. The maximum atomic E-state index is 13.1. The number of H-pyrrole nitrogens is 2. The summed E-state index contributed by atoms with van der Waals surface area (Å²) in [5.74, 6) is 0.218. The molecule has 0 atom stereocenters. The van der Waals surface area contributed by atoms with E-state index in [1.54, 1.807) is 22.9 Å². The van der Waals surface area contributed by atoms with E-state index < -0.39 is 0 Å². The van der Waals surface area contributed by atoms with Gasteiger partial charge in [-0.2, -0.15) is 5.10 Å². The number of imidazole rings is 1. The summed E-state index contributed by atoms with van der Waals surface area (Å²) in [6.07, 6.45) is 2.21. The molecular formula is C19H18N6O2. The number of aryl methyl sites for hydroxylation is 2. The summed E-state index contributed by atoms with van der Waals surface area (Å²) in [5, 5.41) is 8.14. The fourth-order valence-corrected chi connectivity index (χ4v) is 3.54. The number of nitrogens with zero attached hydrogens (tertiary/aromatic N) is 3. The number of pyridine rings is 1. The molecule has 1 aliphatic rings. The van der Waals surface area contributed by atoms with Gasteiger partial charge in [-0.15, -0.1) is 0 Å². The molecule has 0 aliphatic heterocycles. The first-order chi connectivity index (χ1) is 13.0. The summed E-state index contributed by atoms with van der Waals surface area (Å²) in [6, 6.07) is 7.15. The molecule has 0 unspecified atom stereocenters. The summed E-state index contributed by atoms with van der Waals surface area (Å²) in [7, 11) is 1.84. The average Bonchev–Trinajstić information content (AvgIpc) is 3.36. The number of benzene rings is 1. The number of aromatic amines is 2. The van der Waals surface area contributed by atoms with Crippen molar-refractivity contribution in [3.63, 3.8) is 0 Å². The molecule has 27 heavy (non-hydrogen) atoms. The first-order valence-corrected chi connectivity index (χ1v) is 8.87. The molecule has 1 amide bonds. The van der Waals surface area contributed by atoms with E-state index >= 15 is 0 Å². The number of fused-ring (bicyclic) bond motifs is 2. The zero-order chi connectivity index (χ0) is 18.7. The molecule has 136 valence electrons. The van der Waals surface area contributed by atoms with E-state index in [0.717, 1.165) is 35.3 Å². The molecule has 1 saturated carbocycles. The fraction of sp³-hybridized carbons (Fsp3) is 0.263. The van der Waals surface area contributed by atoms with Crippen molar-refractivity contribution >= 4 is 33.7 Å². The zero-order valence-electron chi connectivity index (χ0n) is 15.0. The second kappa shape index (κ2) is 5.54. The maximum Gasteiger partial charge on any atom is 0.323 e. The Labute approximate surface area is 153 Å². The molecule has 0 spiro atoms. The smallest absolute Gasteiger partial charge is 0.322 e. The Hall–Kier alpha value is -3.42. The number of carbonyl (C=O) groups is 1. The quantitative estimate of drug-likeness (QED) is 0.520. The van der Waals surface area contributed by atoms with Crippen LogP contribution in [-0.2, 0) is 7.05 Å². The SMILES string of the molecule is Cc1nn(C)c2nc(C3CC3)cc(C(=O)Nc3ccc4[nH]c(=O)[nH]c4c3)c12. The monoisotopic (exact) mass is 362 g/mol. The maximum absolute atomic E-state index is 13.1. The second-order valence-corrected chi connectivity index (χ2v) is 7.07. The lowest BCUT2D eigenvalue weighted by molar-refractivity contribution is 0.102. The zero-order valence-corrected chi connectivity index (χ0v) is 15.0. The molecule has 5 rings (SSSR count). The van der Waals surface area contributed by atoms with Crippen LogP contribution in [0.2, 0.25) is 0 Å². The van der Waals surface area contributed by atoms with Crippen LogP contribution in [-0.4, -0.2) is 30.6 Å². The van der Waals surface area contributed by atoms with Crippen molar-refractivity contribution in [3.8, 4) is 0 Å². The molecule has 3 aromatic heterocycles. The van der Waals surface area contributed by atoms with Crippen LogP contribution in [0.25, 0.3) is 22.1 Å². The second-order valence-electron chi connectivity index (χ2n) is 7.07. The minimum atomic E-state index is -0.274. The predicted molar refractivity (Wildman–Crippen MR) is 102 cm³/mol. The first-order valence-electron chi connectivity index (χ1n) is 8.87. The Balaban J connectivity index is 1.58. The molecule has 4 aromatic rings. The summed E-state index contributed by atoms with van der Waals surface area (Å²) >= 11 is 0.